The van der Waals surface area contributed by atoms with Gasteiger partial charge in [-0.1, -0.05) is 29.3 Å². The minimum Gasteiger partial charge on any atom is -0.383 e. The molecule has 1 atom stereocenters. The number of hydrogen-bond donors (Lipinski definition) is 2. The highest BCUT2D eigenvalue weighted by atomic mass is 35.5. The summed E-state index contributed by atoms with van der Waals surface area (Å²) in [5.74, 6) is 5.38. The van der Waals surface area contributed by atoms with Crippen molar-refractivity contribution in [2.75, 3.05) is 13.7 Å². The van der Waals surface area contributed by atoms with Crippen molar-refractivity contribution < 1.29 is 4.74 Å². The van der Waals surface area contributed by atoms with Gasteiger partial charge >= 0.3 is 0 Å². The van der Waals surface area contributed by atoms with Crippen LogP contribution in [0.3, 0.4) is 0 Å². The van der Waals surface area contributed by atoms with E-state index in [1.807, 2.05) is 0 Å². The topological polar surface area (TPSA) is 47.3 Å². The van der Waals surface area contributed by atoms with Crippen LogP contribution in [0, 0.1) is 0 Å². The molecule has 0 aliphatic rings. The molecule has 1 aromatic rings. The first-order chi connectivity index (χ1) is 6.70. The Labute approximate surface area is 93.1 Å². The molecule has 3 nitrogen and oxygen atoms in total. The normalized spacial score (nSPS) is 12.9. The summed E-state index contributed by atoms with van der Waals surface area (Å²) in [4.78, 5) is 0. The molecular weight excluding hydrogens is 223 g/mol. The van der Waals surface area contributed by atoms with Crippen molar-refractivity contribution in [3.8, 4) is 0 Å². The van der Waals surface area contributed by atoms with Crippen molar-refractivity contribution in [3.63, 3.8) is 0 Å². The van der Waals surface area contributed by atoms with Gasteiger partial charge < -0.3 is 4.74 Å². The van der Waals surface area contributed by atoms with Crippen molar-refractivity contribution in [1.82, 2.24) is 5.43 Å². The van der Waals surface area contributed by atoms with E-state index in [-0.39, 0.29) is 6.04 Å². The fourth-order valence-electron chi connectivity index (χ4n) is 1.23. The standard InChI is InChI=1S/C9H12Cl2N2O/c1-14-5-8(13-12)9-6(10)3-2-4-7(9)11/h2-4,8,13H,5,12H2,1H3. The Hall–Kier alpha value is -0.320. The van der Waals surface area contributed by atoms with Crippen LogP contribution in [-0.2, 0) is 4.74 Å². The first-order valence-corrected chi connectivity index (χ1v) is 4.85. The smallest absolute Gasteiger partial charge is 0.0722 e. The highest BCUT2D eigenvalue weighted by molar-refractivity contribution is 6.36. The molecule has 78 valence electrons. The van der Waals surface area contributed by atoms with Gasteiger partial charge in [-0.05, 0) is 12.1 Å². The highest BCUT2D eigenvalue weighted by Crippen LogP contribution is 2.29. The third kappa shape index (κ3) is 2.59. The van der Waals surface area contributed by atoms with Gasteiger partial charge in [-0.2, -0.15) is 0 Å². The van der Waals surface area contributed by atoms with E-state index in [2.05, 4.69) is 5.43 Å². The summed E-state index contributed by atoms with van der Waals surface area (Å²) < 4.78 is 5.00. The quantitative estimate of drug-likeness (QED) is 0.620. The molecule has 0 amide bonds. The molecule has 0 bridgehead atoms. The maximum absolute atomic E-state index is 6.00. The van der Waals surface area contributed by atoms with Gasteiger partial charge in [0.1, 0.15) is 0 Å². The van der Waals surface area contributed by atoms with Crippen molar-refractivity contribution in [3.05, 3.63) is 33.8 Å². The third-order valence-electron chi connectivity index (χ3n) is 1.88. The highest BCUT2D eigenvalue weighted by Gasteiger charge is 2.16. The fraction of sp³-hybridized carbons (Fsp3) is 0.333. The average Bonchev–Trinajstić information content (AvgIpc) is 2.16. The lowest BCUT2D eigenvalue weighted by atomic mass is 10.1. The molecule has 1 unspecified atom stereocenters. The lowest BCUT2D eigenvalue weighted by Gasteiger charge is -2.17. The van der Waals surface area contributed by atoms with Crippen LogP contribution < -0.4 is 11.3 Å². The van der Waals surface area contributed by atoms with Gasteiger partial charge in [-0.15, -0.1) is 0 Å². The van der Waals surface area contributed by atoms with E-state index in [0.29, 0.717) is 16.7 Å². The summed E-state index contributed by atoms with van der Waals surface area (Å²) >= 11 is 12.0. The van der Waals surface area contributed by atoms with Gasteiger partial charge in [-0.3, -0.25) is 11.3 Å². The molecule has 0 heterocycles. The Morgan fingerprint density at radius 1 is 1.43 bits per heavy atom. The molecule has 3 N–H and O–H groups in total. The van der Waals surface area contributed by atoms with E-state index < -0.39 is 0 Å². The summed E-state index contributed by atoms with van der Waals surface area (Å²) in [6, 6.07) is 5.13. The number of ether oxygens (including phenoxy) is 1. The van der Waals surface area contributed by atoms with Crippen LogP contribution in [-0.4, -0.2) is 13.7 Å². The first kappa shape index (κ1) is 11.8. The Morgan fingerprint density at radius 2 is 2.00 bits per heavy atom. The van der Waals surface area contributed by atoms with Crippen molar-refractivity contribution >= 4 is 23.2 Å². The van der Waals surface area contributed by atoms with Gasteiger partial charge in [-0.25, -0.2) is 0 Å². The first-order valence-electron chi connectivity index (χ1n) is 4.09. The number of hydrogen-bond acceptors (Lipinski definition) is 3. The summed E-state index contributed by atoms with van der Waals surface area (Å²) in [6.07, 6.45) is 0. The molecule has 0 saturated heterocycles. The number of halogens is 2. The van der Waals surface area contributed by atoms with E-state index in [0.717, 1.165) is 5.56 Å². The predicted octanol–water partition coefficient (Wildman–Crippen LogP) is 2.14. The minimum atomic E-state index is -0.193. The number of rotatable bonds is 4. The number of hydrazine groups is 1. The van der Waals surface area contributed by atoms with Crippen LogP contribution in [0.4, 0.5) is 0 Å². The zero-order chi connectivity index (χ0) is 10.6. The molecule has 0 aromatic heterocycles. The zero-order valence-electron chi connectivity index (χ0n) is 7.76. The average molecular weight is 235 g/mol. The fourth-order valence-corrected chi connectivity index (χ4v) is 1.89. The molecule has 1 aromatic carbocycles. The van der Waals surface area contributed by atoms with Crippen molar-refractivity contribution in [2.45, 2.75) is 6.04 Å². The Kier molecular flexibility index (Phi) is 4.65. The minimum absolute atomic E-state index is 0.193. The number of methoxy groups -OCH3 is 1. The predicted molar refractivity (Wildman–Crippen MR) is 58.4 cm³/mol. The summed E-state index contributed by atoms with van der Waals surface area (Å²) in [5, 5.41) is 1.16. The van der Waals surface area contributed by atoms with E-state index in [9.17, 15) is 0 Å². The number of nitrogens with one attached hydrogen (secondary N) is 1. The SMILES string of the molecule is COCC(NN)c1c(Cl)cccc1Cl. The van der Waals surface area contributed by atoms with Crippen LogP contribution in [0.15, 0.2) is 18.2 Å². The van der Waals surface area contributed by atoms with Gasteiger partial charge in [0.15, 0.2) is 0 Å². The Balaban J connectivity index is 3.02. The second-order valence-corrected chi connectivity index (χ2v) is 3.62. The molecule has 14 heavy (non-hydrogen) atoms. The van der Waals surface area contributed by atoms with Crippen LogP contribution in [0.5, 0.6) is 0 Å². The van der Waals surface area contributed by atoms with Gasteiger partial charge in [0.25, 0.3) is 0 Å². The Morgan fingerprint density at radius 3 is 2.43 bits per heavy atom. The third-order valence-corrected chi connectivity index (χ3v) is 2.54. The van der Waals surface area contributed by atoms with Crippen molar-refractivity contribution in [1.29, 1.82) is 0 Å². The van der Waals surface area contributed by atoms with E-state index in [1.165, 1.54) is 0 Å². The molecule has 0 spiro atoms. The van der Waals surface area contributed by atoms with E-state index in [1.54, 1.807) is 25.3 Å². The summed E-state index contributed by atoms with van der Waals surface area (Å²) in [6.45, 7) is 0.417. The number of benzene rings is 1. The van der Waals surface area contributed by atoms with Crippen molar-refractivity contribution in [2.24, 2.45) is 5.84 Å². The largest absolute Gasteiger partial charge is 0.383 e. The number of nitrogens with two attached hydrogens (primary N) is 1. The Bertz CT molecular complexity index is 287. The second kappa shape index (κ2) is 5.53. The van der Waals surface area contributed by atoms with Crippen LogP contribution in [0.1, 0.15) is 11.6 Å². The van der Waals surface area contributed by atoms with E-state index in [4.69, 9.17) is 33.8 Å². The molecular formula is C9H12Cl2N2O. The molecule has 0 aliphatic heterocycles. The lowest BCUT2D eigenvalue weighted by Crippen LogP contribution is -2.31. The van der Waals surface area contributed by atoms with E-state index >= 15 is 0 Å². The van der Waals surface area contributed by atoms with Crippen LogP contribution >= 0.6 is 23.2 Å². The van der Waals surface area contributed by atoms with Gasteiger partial charge in [0, 0.05) is 22.7 Å². The molecule has 0 aliphatic carbocycles. The summed E-state index contributed by atoms with van der Waals surface area (Å²) in [5.41, 5.74) is 3.37. The van der Waals surface area contributed by atoms with Crippen LogP contribution in [0.25, 0.3) is 0 Å². The molecule has 5 heteroatoms. The monoisotopic (exact) mass is 234 g/mol. The molecule has 0 radical (unpaired) electrons. The van der Waals surface area contributed by atoms with Gasteiger partial charge in [0.2, 0.25) is 0 Å². The molecule has 0 saturated carbocycles. The zero-order valence-corrected chi connectivity index (χ0v) is 9.27. The molecule has 1 rings (SSSR count). The maximum Gasteiger partial charge on any atom is 0.0722 e. The second-order valence-electron chi connectivity index (χ2n) is 2.81. The lowest BCUT2D eigenvalue weighted by molar-refractivity contribution is 0.167. The van der Waals surface area contributed by atoms with Crippen LogP contribution in [0.2, 0.25) is 10.0 Å². The summed E-state index contributed by atoms with van der Waals surface area (Å²) in [7, 11) is 1.59. The molecule has 0 fully saturated rings. The van der Waals surface area contributed by atoms with Gasteiger partial charge in [0.05, 0.1) is 12.6 Å². The maximum atomic E-state index is 6.00.